The second-order valence-electron chi connectivity index (χ2n) is 5.30. The van der Waals surface area contributed by atoms with Crippen molar-refractivity contribution in [2.24, 2.45) is 0 Å². The largest absolute Gasteiger partial charge is 0.369 e. The minimum Gasteiger partial charge on any atom is -0.369 e. The quantitative estimate of drug-likeness (QED) is 0.870. The molecule has 0 spiro atoms. The number of ether oxygens (including phenoxy) is 1. The fourth-order valence-corrected chi connectivity index (χ4v) is 3.88. The summed E-state index contributed by atoms with van der Waals surface area (Å²) >= 11 is 0. The fourth-order valence-electron chi connectivity index (χ4n) is 2.43. The first-order valence-electron chi connectivity index (χ1n) is 7.17. The average Bonchev–Trinajstić information content (AvgIpc) is 2.56. The highest BCUT2D eigenvalue weighted by atomic mass is 32.2. The molecule has 6 heteroatoms. The molecule has 0 saturated carbocycles. The smallest absolute Gasteiger partial charge is 0.243 e. The van der Waals surface area contributed by atoms with Crippen LogP contribution in [0.15, 0.2) is 53.6 Å². The zero-order valence-corrected chi connectivity index (χ0v) is 13.2. The number of pyridine rings is 1. The molecule has 2 aromatic rings. The van der Waals surface area contributed by atoms with Crippen molar-refractivity contribution in [2.45, 2.75) is 17.9 Å². The van der Waals surface area contributed by atoms with Gasteiger partial charge in [0, 0.05) is 19.3 Å². The summed E-state index contributed by atoms with van der Waals surface area (Å²) in [5.41, 5.74) is 1.83. The van der Waals surface area contributed by atoms with Gasteiger partial charge in [-0.05, 0) is 30.7 Å². The Hall–Kier alpha value is -1.76. The first-order valence-corrected chi connectivity index (χ1v) is 8.61. The molecule has 3 rings (SSSR count). The monoisotopic (exact) mass is 318 g/mol. The second kappa shape index (κ2) is 6.16. The molecule has 0 N–H and O–H groups in total. The Bertz CT molecular complexity index is 730. The molecule has 0 radical (unpaired) electrons. The van der Waals surface area contributed by atoms with E-state index in [0.29, 0.717) is 18.0 Å². The Morgan fingerprint density at radius 3 is 2.64 bits per heavy atom. The van der Waals surface area contributed by atoms with Crippen molar-refractivity contribution in [2.75, 3.05) is 19.7 Å². The molecule has 116 valence electrons. The summed E-state index contributed by atoms with van der Waals surface area (Å²) in [5.74, 6) is 0. The van der Waals surface area contributed by atoms with Gasteiger partial charge < -0.3 is 4.74 Å². The van der Waals surface area contributed by atoms with Crippen LogP contribution in [0.2, 0.25) is 0 Å². The third-order valence-electron chi connectivity index (χ3n) is 3.67. The van der Waals surface area contributed by atoms with E-state index in [1.165, 1.54) is 4.31 Å². The summed E-state index contributed by atoms with van der Waals surface area (Å²) in [6.45, 7) is 2.98. The van der Waals surface area contributed by atoms with Crippen molar-refractivity contribution in [3.8, 4) is 0 Å². The molecule has 1 saturated heterocycles. The van der Waals surface area contributed by atoms with Crippen molar-refractivity contribution >= 4 is 10.0 Å². The summed E-state index contributed by atoms with van der Waals surface area (Å²) in [7, 11) is -3.49. The highest BCUT2D eigenvalue weighted by Gasteiger charge is 2.31. The number of benzene rings is 1. The first kappa shape index (κ1) is 15.1. The Morgan fingerprint density at radius 2 is 1.95 bits per heavy atom. The van der Waals surface area contributed by atoms with Crippen molar-refractivity contribution in [1.82, 2.24) is 9.29 Å². The minimum atomic E-state index is -3.49. The molecule has 1 aromatic carbocycles. The summed E-state index contributed by atoms with van der Waals surface area (Å²) in [6, 6.07) is 12.3. The lowest BCUT2D eigenvalue weighted by Crippen LogP contribution is -2.42. The van der Waals surface area contributed by atoms with Crippen LogP contribution in [0.4, 0.5) is 0 Å². The Kier molecular flexibility index (Phi) is 4.24. The zero-order chi connectivity index (χ0) is 15.6. The van der Waals surface area contributed by atoms with Crippen molar-refractivity contribution in [3.63, 3.8) is 0 Å². The van der Waals surface area contributed by atoms with Gasteiger partial charge in [0.1, 0.15) is 6.10 Å². The number of hydrogen-bond acceptors (Lipinski definition) is 4. The highest BCUT2D eigenvalue weighted by Crippen LogP contribution is 2.25. The van der Waals surface area contributed by atoms with Crippen LogP contribution in [-0.4, -0.2) is 37.4 Å². The normalized spacial score (nSPS) is 20.0. The lowest BCUT2D eigenvalue weighted by molar-refractivity contribution is -0.00494. The number of nitrogens with zero attached hydrogens (tertiary/aromatic N) is 2. The molecule has 0 aliphatic carbocycles. The van der Waals surface area contributed by atoms with E-state index >= 15 is 0 Å². The van der Waals surface area contributed by atoms with Crippen molar-refractivity contribution in [3.05, 3.63) is 59.9 Å². The Balaban J connectivity index is 1.82. The van der Waals surface area contributed by atoms with E-state index in [0.717, 1.165) is 11.3 Å². The summed E-state index contributed by atoms with van der Waals surface area (Å²) in [6.07, 6.45) is 1.44. The molecule has 1 fully saturated rings. The first-order chi connectivity index (χ1) is 10.6. The van der Waals surface area contributed by atoms with E-state index < -0.39 is 10.0 Å². The molecule has 0 bridgehead atoms. The Labute approximate surface area is 130 Å². The van der Waals surface area contributed by atoms with Gasteiger partial charge in [-0.15, -0.1) is 0 Å². The molecule has 0 unspecified atom stereocenters. The maximum absolute atomic E-state index is 12.7. The summed E-state index contributed by atoms with van der Waals surface area (Å²) in [4.78, 5) is 4.66. The van der Waals surface area contributed by atoms with Crippen LogP contribution in [-0.2, 0) is 14.8 Å². The third-order valence-corrected chi connectivity index (χ3v) is 5.55. The van der Waals surface area contributed by atoms with Gasteiger partial charge in [0.25, 0.3) is 0 Å². The zero-order valence-electron chi connectivity index (χ0n) is 12.3. The predicted octanol–water partition coefficient (Wildman–Crippen LogP) is 2.15. The molecule has 0 amide bonds. The molecule has 1 atom stereocenters. The van der Waals surface area contributed by atoms with Crippen LogP contribution >= 0.6 is 0 Å². The summed E-state index contributed by atoms with van der Waals surface area (Å²) < 4.78 is 32.5. The van der Waals surface area contributed by atoms with E-state index in [2.05, 4.69) is 4.98 Å². The Morgan fingerprint density at radius 1 is 1.18 bits per heavy atom. The number of sulfonamides is 1. The SMILES string of the molecule is Cc1ccc([C@H]2CN(S(=O)(=O)c3ccccc3)CCO2)nc1. The van der Waals surface area contributed by atoms with Crippen LogP contribution in [0, 0.1) is 6.92 Å². The van der Waals surface area contributed by atoms with Gasteiger partial charge in [-0.25, -0.2) is 8.42 Å². The number of aryl methyl sites for hydroxylation is 1. The van der Waals surface area contributed by atoms with Gasteiger partial charge in [-0.3, -0.25) is 4.98 Å². The average molecular weight is 318 g/mol. The van der Waals surface area contributed by atoms with E-state index in [1.807, 2.05) is 19.1 Å². The highest BCUT2D eigenvalue weighted by molar-refractivity contribution is 7.89. The predicted molar refractivity (Wildman–Crippen MR) is 82.9 cm³/mol. The topological polar surface area (TPSA) is 59.5 Å². The van der Waals surface area contributed by atoms with Crippen LogP contribution in [0.1, 0.15) is 17.4 Å². The molecule has 22 heavy (non-hydrogen) atoms. The minimum absolute atomic E-state index is 0.285. The molecule has 5 nitrogen and oxygen atoms in total. The van der Waals surface area contributed by atoms with Gasteiger partial charge in [0.05, 0.1) is 17.2 Å². The molecule has 1 aromatic heterocycles. The molecule has 1 aliphatic rings. The van der Waals surface area contributed by atoms with Gasteiger partial charge in [-0.1, -0.05) is 24.3 Å². The number of morpholine rings is 1. The van der Waals surface area contributed by atoms with Gasteiger partial charge >= 0.3 is 0 Å². The summed E-state index contributed by atoms with van der Waals surface area (Å²) in [5, 5.41) is 0. The van der Waals surface area contributed by atoms with Crippen LogP contribution in [0.5, 0.6) is 0 Å². The molecule has 2 heterocycles. The van der Waals surface area contributed by atoms with Crippen molar-refractivity contribution < 1.29 is 13.2 Å². The maximum Gasteiger partial charge on any atom is 0.243 e. The third kappa shape index (κ3) is 3.04. The van der Waals surface area contributed by atoms with E-state index in [4.69, 9.17) is 4.74 Å². The molecule has 1 aliphatic heterocycles. The number of aromatic nitrogens is 1. The van der Waals surface area contributed by atoms with E-state index in [-0.39, 0.29) is 12.6 Å². The lowest BCUT2D eigenvalue weighted by Gasteiger charge is -2.31. The molecular weight excluding hydrogens is 300 g/mol. The van der Waals surface area contributed by atoms with Crippen LogP contribution in [0.25, 0.3) is 0 Å². The fraction of sp³-hybridized carbons (Fsp3) is 0.312. The van der Waals surface area contributed by atoms with E-state index in [1.54, 1.807) is 36.5 Å². The lowest BCUT2D eigenvalue weighted by atomic mass is 10.2. The van der Waals surface area contributed by atoms with Crippen LogP contribution < -0.4 is 0 Å². The van der Waals surface area contributed by atoms with E-state index in [9.17, 15) is 8.42 Å². The van der Waals surface area contributed by atoms with Gasteiger partial charge in [-0.2, -0.15) is 4.31 Å². The van der Waals surface area contributed by atoms with Gasteiger partial charge in [0.15, 0.2) is 0 Å². The van der Waals surface area contributed by atoms with Gasteiger partial charge in [0.2, 0.25) is 10.0 Å². The maximum atomic E-state index is 12.7. The second-order valence-corrected chi connectivity index (χ2v) is 7.23. The number of rotatable bonds is 3. The van der Waals surface area contributed by atoms with Crippen LogP contribution in [0.3, 0.4) is 0 Å². The standard InChI is InChI=1S/C16H18N2O3S/c1-13-7-8-15(17-11-13)16-12-18(9-10-21-16)22(19,20)14-5-3-2-4-6-14/h2-8,11,16H,9-10,12H2,1H3/t16-/m1/s1. The molecular formula is C16H18N2O3S. The van der Waals surface area contributed by atoms with Crippen molar-refractivity contribution in [1.29, 1.82) is 0 Å². The number of hydrogen-bond donors (Lipinski definition) is 0.